The molecule has 0 bridgehead atoms. The van der Waals surface area contributed by atoms with E-state index in [0.717, 1.165) is 19.5 Å². The third-order valence-electron chi connectivity index (χ3n) is 6.40. The molecule has 0 nitrogen and oxygen atoms in total. The summed E-state index contributed by atoms with van der Waals surface area (Å²) in [6, 6.07) is 11.7. The summed E-state index contributed by atoms with van der Waals surface area (Å²) >= 11 is 6.21. The topological polar surface area (TPSA) is 0 Å². The van der Waals surface area contributed by atoms with Gasteiger partial charge in [0.05, 0.1) is 9.75 Å². The van der Waals surface area contributed by atoms with Gasteiger partial charge in [0.2, 0.25) is 0 Å². The van der Waals surface area contributed by atoms with Crippen molar-refractivity contribution in [2.24, 2.45) is 0 Å². The second kappa shape index (κ2) is 12.9. The molecule has 1 saturated carbocycles. The highest BCUT2D eigenvalue weighted by molar-refractivity contribution is 7.28. The predicted molar refractivity (Wildman–Crippen MR) is 159 cm³/mol. The maximum Gasteiger partial charge on any atom is 0.143 e. The molecule has 1 aliphatic rings. The van der Waals surface area contributed by atoms with E-state index in [0.29, 0.717) is 21.6 Å². The minimum Gasteiger partial charge on any atom is -0.205 e. The lowest BCUT2D eigenvalue weighted by atomic mass is 9.90. The van der Waals surface area contributed by atoms with Gasteiger partial charge in [0, 0.05) is 29.3 Å². The molecule has 0 atom stereocenters. The quantitative estimate of drug-likeness (QED) is 0.227. The van der Waals surface area contributed by atoms with Crippen molar-refractivity contribution in [2.75, 3.05) is 0 Å². The first-order valence-electron chi connectivity index (χ1n) is 13.2. The van der Waals surface area contributed by atoms with Gasteiger partial charge >= 0.3 is 0 Å². The summed E-state index contributed by atoms with van der Waals surface area (Å²) in [4.78, 5) is 7.45. The minimum atomic E-state index is -0.330. The fraction of sp³-hybridized carbons (Fsp3) is 0.467. The van der Waals surface area contributed by atoms with Crippen LogP contribution >= 0.6 is 45.3 Å². The Morgan fingerprint density at radius 3 is 1.72 bits per heavy atom. The molecular formula is C30H36F2S4. The third-order valence-corrected chi connectivity index (χ3v) is 11.8. The van der Waals surface area contributed by atoms with Crippen LogP contribution < -0.4 is 0 Å². The Hall–Kier alpha value is -1.34. The summed E-state index contributed by atoms with van der Waals surface area (Å²) in [6.45, 7) is 8.57. The summed E-state index contributed by atoms with van der Waals surface area (Å²) in [5.41, 5.74) is 0. The standard InChI is InChI=1S/C27H28F2S4.C3H8/c1-16(2)20-10-12-22(30-20)24-14-18(28)26(32-24)27-19(29)15-25(33-27)23-13-11-21(31-23)17-8-6-4-3-5-7-9-17;1-3-2/h10-17H,3-9H2,1-2H3;3H2,1-2H3. The summed E-state index contributed by atoms with van der Waals surface area (Å²) in [6.07, 6.45) is 10.4. The first-order chi connectivity index (χ1) is 17.4. The minimum absolute atomic E-state index is 0.322. The average Bonchev–Trinajstić information content (AvgIpc) is 3.60. The number of hydrogen-bond donors (Lipinski definition) is 0. The fourth-order valence-corrected chi connectivity index (χ4v) is 9.09. The highest BCUT2D eigenvalue weighted by atomic mass is 32.1. The van der Waals surface area contributed by atoms with Gasteiger partial charge in [0.1, 0.15) is 11.6 Å². The lowest BCUT2D eigenvalue weighted by Crippen LogP contribution is -2.00. The largest absolute Gasteiger partial charge is 0.205 e. The Bertz CT molecular complexity index is 1230. The summed E-state index contributed by atoms with van der Waals surface area (Å²) in [7, 11) is 0. The van der Waals surface area contributed by atoms with Crippen LogP contribution in [0.3, 0.4) is 0 Å². The molecule has 0 amide bonds. The van der Waals surface area contributed by atoms with Crippen molar-refractivity contribution >= 4 is 45.3 Å². The highest BCUT2D eigenvalue weighted by Gasteiger charge is 2.22. The molecule has 6 heteroatoms. The van der Waals surface area contributed by atoms with E-state index in [1.807, 2.05) is 6.07 Å². The smallest absolute Gasteiger partial charge is 0.143 e. The second-order valence-corrected chi connectivity index (χ2v) is 14.2. The van der Waals surface area contributed by atoms with Crippen molar-refractivity contribution in [3.8, 4) is 29.3 Å². The van der Waals surface area contributed by atoms with Gasteiger partial charge in [-0.3, -0.25) is 0 Å². The van der Waals surface area contributed by atoms with E-state index in [2.05, 4.69) is 45.9 Å². The Morgan fingerprint density at radius 1 is 0.694 bits per heavy atom. The molecule has 0 aromatic carbocycles. The summed E-state index contributed by atoms with van der Waals surface area (Å²) in [5, 5.41) is 0. The van der Waals surface area contributed by atoms with E-state index in [1.165, 1.54) is 83.8 Å². The molecule has 4 aromatic rings. The van der Waals surface area contributed by atoms with Crippen molar-refractivity contribution in [3.63, 3.8) is 0 Å². The predicted octanol–water partition coefficient (Wildman–Crippen LogP) is 12.6. The van der Waals surface area contributed by atoms with E-state index in [9.17, 15) is 4.39 Å². The van der Waals surface area contributed by atoms with Crippen LogP contribution in [0.4, 0.5) is 8.78 Å². The summed E-state index contributed by atoms with van der Waals surface area (Å²) < 4.78 is 29.9. The van der Waals surface area contributed by atoms with Gasteiger partial charge in [-0.1, -0.05) is 66.2 Å². The van der Waals surface area contributed by atoms with E-state index < -0.39 is 0 Å². The lowest BCUT2D eigenvalue weighted by molar-refractivity contribution is 0.459. The fourth-order valence-electron chi connectivity index (χ4n) is 4.53. The Balaban J connectivity index is 0.000000967. The zero-order valence-electron chi connectivity index (χ0n) is 21.7. The van der Waals surface area contributed by atoms with Crippen LogP contribution in [0.15, 0.2) is 36.4 Å². The number of halogens is 2. The van der Waals surface area contributed by atoms with Crippen LogP contribution in [0.25, 0.3) is 29.3 Å². The van der Waals surface area contributed by atoms with Crippen LogP contribution in [0, 0.1) is 11.6 Å². The molecule has 0 spiro atoms. The molecule has 194 valence electrons. The average molecular weight is 563 g/mol. The summed E-state index contributed by atoms with van der Waals surface area (Å²) in [5.74, 6) is 0.427. The van der Waals surface area contributed by atoms with Crippen LogP contribution in [0.5, 0.6) is 0 Å². The molecule has 0 radical (unpaired) electrons. The molecule has 1 aliphatic carbocycles. The number of rotatable bonds is 5. The molecule has 0 saturated heterocycles. The molecule has 0 aliphatic heterocycles. The van der Waals surface area contributed by atoms with Crippen molar-refractivity contribution in [1.82, 2.24) is 0 Å². The van der Waals surface area contributed by atoms with Crippen molar-refractivity contribution in [1.29, 1.82) is 0 Å². The van der Waals surface area contributed by atoms with Gasteiger partial charge in [0.25, 0.3) is 0 Å². The van der Waals surface area contributed by atoms with Crippen LogP contribution in [-0.2, 0) is 0 Å². The molecule has 36 heavy (non-hydrogen) atoms. The van der Waals surface area contributed by atoms with E-state index in [1.54, 1.807) is 34.8 Å². The first kappa shape index (κ1) is 27.7. The monoisotopic (exact) mass is 562 g/mol. The van der Waals surface area contributed by atoms with E-state index in [4.69, 9.17) is 0 Å². The molecule has 4 aromatic heterocycles. The Labute approximate surface area is 231 Å². The normalized spacial score (nSPS) is 15.0. The van der Waals surface area contributed by atoms with Gasteiger partial charge in [-0.2, -0.15) is 0 Å². The maximum absolute atomic E-state index is 15.0. The SMILES string of the molecule is CC(C)c1ccc(-c2cc(F)c(-c3sc(-c4ccc(C5CCCCCCC5)s4)cc3F)s2)s1.CCC. The van der Waals surface area contributed by atoms with E-state index in [-0.39, 0.29) is 11.6 Å². The first-order valence-corrected chi connectivity index (χ1v) is 16.5. The number of thiophene rings is 4. The third kappa shape index (κ3) is 6.56. The molecule has 0 unspecified atom stereocenters. The number of hydrogen-bond acceptors (Lipinski definition) is 4. The van der Waals surface area contributed by atoms with E-state index >= 15 is 4.39 Å². The van der Waals surface area contributed by atoms with Crippen molar-refractivity contribution in [2.45, 2.75) is 90.9 Å². The molecular weight excluding hydrogens is 527 g/mol. The van der Waals surface area contributed by atoms with Gasteiger partial charge < -0.3 is 0 Å². The Morgan fingerprint density at radius 2 is 1.19 bits per heavy atom. The van der Waals surface area contributed by atoms with Crippen molar-refractivity contribution in [3.05, 3.63) is 57.8 Å². The highest BCUT2D eigenvalue weighted by Crippen LogP contribution is 2.47. The zero-order chi connectivity index (χ0) is 25.7. The van der Waals surface area contributed by atoms with Crippen molar-refractivity contribution < 1.29 is 8.78 Å². The van der Waals surface area contributed by atoms with Crippen LogP contribution in [0.2, 0.25) is 0 Å². The molecule has 4 heterocycles. The molecule has 5 rings (SSSR count). The van der Waals surface area contributed by atoms with Gasteiger partial charge in [-0.25, -0.2) is 8.78 Å². The zero-order valence-corrected chi connectivity index (χ0v) is 24.9. The van der Waals surface area contributed by atoms with Gasteiger partial charge in [-0.15, -0.1) is 45.3 Å². The van der Waals surface area contributed by atoms with Crippen LogP contribution in [0.1, 0.15) is 101 Å². The van der Waals surface area contributed by atoms with Gasteiger partial charge in [-0.05, 0) is 61.1 Å². The molecule has 1 fully saturated rings. The van der Waals surface area contributed by atoms with Gasteiger partial charge in [0.15, 0.2) is 0 Å². The second-order valence-electron chi connectivity index (χ2n) is 9.88. The molecule has 0 N–H and O–H groups in total. The lowest BCUT2D eigenvalue weighted by Gasteiger charge is -2.18. The van der Waals surface area contributed by atoms with Crippen LogP contribution in [-0.4, -0.2) is 0 Å². The Kier molecular flexibility index (Phi) is 9.96. The maximum atomic E-state index is 15.0.